The maximum absolute atomic E-state index is 12.3. The van der Waals surface area contributed by atoms with E-state index < -0.39 is 16.9 Å². The summed E-state index contributed by atoms with van der Waals surface area (Å²) in [5.74, 6) is 0.106. The standard InChI is InChI=1S/C15H16N6O4/c1-3-12-17-15-18-14(23)11(20(15)19-12)7-13(22)16-10-6-9(21(24)25)5-4-8(10)2/h4-6,11H,3,7H2,1-2H3,(H,16,22)(H,17,18,19,23). The first kappa shape index (κ1) is 16.6. The zero-order chi connectivity index (χ0) is 18.1. The minimum atomic E-state index is -0.790. The first-order valence-electron chi connectivity index (χ1n) is 7.70. The number of nitrogens with one attached hydrogen (secondary N) is 2. The van der Waals surface area contributed by atoms with E-state index in [2.05, 4.69) is 20.7 Å². The smallest absolute Gasteiger partial charge is 0.271 e. The molecule has 130 valence electrons. The number of aromatic nitrogens is 3. The van der Waals surface area contributed by atoms with Crippen molar-refractivity contribution in [2.45, 2.75) is 32.7 Å². The molecule has 1 aromatic carbocycles. The van der Waals surface area contributed by atoms with Crippen LogP contribution in [0.2, 0.25) is 0 Å². The molecule has 1 aliphatic rings. The van der Waals surface area contributed by atoms with Crippen molar-refractivity contribution in [1.29, 1.82) is 0 Å². The summed E-state index contributed by atoms with van der Waals surface area (Å²) in [6.07, 6.45) is 0.467. The van der Waals surface area contributed by atoms with Gasteiger partial charge in [-0.2, -0.15) is 10.1 Å². The topological polar surface area (TPSA) is 132 Å². The van der Waals surface area contributed by atoms with E-state index in [4.69, 9.17) is 0 Å². The van der Waals surface area contributed by atoms with Gasteiger partial charge in [0.25, 0.3) is 11.6 Å². The van der Waals surface area contributed by atoms with E-state index in [0.717, 1.165) is 0 Å². The summed E-state index contributed by atoms with van der Waals surface area (Å²) in [5, 5.41) is 20.3. The van der Waals surface area contributed by atoms with Gasteiger partial charge in [-0.1, -0.05) is 13.0 Å². The fraction of sp³-hybridized carbons (Fsp3) is 0.333. The third-order valence-electron chi connectivity index (χ3n) is 3.91. The van der Waals surface area contributed by atoms with Gasteiger partial charge in [-0.05, 0) is 12.5 Å². The Kier molecular flexibility index (Phi) is 4.17. The summed E-state index contributed by atoms with van der Waals surface area (Å²) in [6.45, 7) is 3.62. The van der Waals surface area contributed by atoms with Crippen LogP contribution in [0.25, 0.3) is 0 Å². The van der Waals surface area contributed by atoms with Crippen LogP contribution >= 0.6 is 0 Å². The molecule has 1 atom stereocenters. The van der Waals surface area contributed by atoms with Gasteiger partial charge in [0, 0.05) is 18.6 Å². The molecule has 0 spiro atoms. The zero-order valence-corrected chi connectivity index (χ0v) is 13.6. The Morgan fingerprint density at radius 2 is 2.24 bits per heavy atom. The molecule has 25 heavy (non-hydrogen) atoms. The van der Waals surface area contributed by atoms with Gasteiger partial charge in [-0.15, -0.1) is 0 Å². The second kappa shape index (κ2) is 6.30. The molecule has 1 aromatic heterocycles. The first-order chi connectivity index (χ1) is 11.9. The van der Waals surface area contributed by atoms with Crippen molar-refractivity contribution in [3.63, 3.8) is 0 Å². The van der Waals surface area contributed by atoms with Gasteiger partial charge < -0.3 is 5.32 Å². The number of hydrogen-bond acceptors (Lipinski definition) is 6. The van der Waals surface area contributed by atoms with Crippen molar-refractivity contribution in [3.05, 3.63) is 39.7 Å². The first-order valence-corrected chi connectivity index (χ1v) is 7.70. The molecule has 0 bridgehead atoms. The molecule has 3 rings (SSSR count). The van der Waals surface area contributed by atoms with Gasteiger partial charge in [-0.3, -0.25) is 25.0 Å². The molecule has 2 N–H and O–H groups in total. The largest absolute Gasteiger partial charge is 0.326 e. The molecule has 1 aliphatic heterocycles. The average molecular weight is 344 g/mol. The fourth-order valence-corrected chi connectivity index (χ4v) is 2.54. The van der Waals surface area contributed by atoms with Crippen LogP contribution in [-0.2, 0) is 16.0 Å². The normalized spacial score (nSPS) is 15.6. The van der Waals surface area contributed by atoms with Crippen LogP contribution in [0.15, 0.2) is 18.2 Å². The van der Waals surface area contributed by atoms with E-state index >= 15 is 0 Å². The van der Waals surface area contributed by atoms with Crippen LogP contribution in [0.4, 0.5) is 17.3 Å². The molecular weight excluding hydrogens is 328 g/mol. The highest BCUT2D eigenvalue weighted by Crippen LogP contribution is 2.27. The second-order valence-electron chi connectivity index (χ2n) is 5.66. The summed E-state index contributed by atoms with van der Waals surface area (Å²) >= 11 is 0. The number of hydrogen-bond donors (Lipinski definition) is 2. The molecule has 2 aromatic rings. The van der Waals surface area contributed by atoms with Crippen LogP contribution in [0.5, 0.6) is 0 Å². The number of carbonyl (C=O) groups is 2. The van der Waals surface area contributed by atoms with E-state index in [0.29, 0.717) is 29.4 Å². The van der Waals surface area contributed by atoms with Crippen LogP contribution in [-0.4, -0.2) is 31.5 Å². The van der Waals surface area contributed by atoms with Gasteiger partial charge in [0.1, 0.15) is 6.04 Å². The maximum atomic E-state index is 12.3. The number of fused-ring (bicyclic) bond motifs is 1. The van der Waals surface area contributed by atoms with Crippen LogP contribution in [0, 0.1) is 17.0 Å². The Bertz CT molecular complexity index is 875. The molecule has 0 aliphatic carbocycles. The third kappa shape index (κ3) is 3.18. The van der Waals surface area contributed by atoms with Gasteiger partial charge in [-0.25, -0.2) is 4.68 Å². The molecule has 0 saturated carbocycles. The van der Waals surface area contributed by atoms with Crippen molar-refractivity contribution >= 4 is 29.1 Å². The highest BCUT2D eigenvalue weighted by molar-refractivity contribution is 6.01. The lowest BCUT2D eigenvalue weighted by Crippen LogP contribution is -2.24. The minimum absolute atomic E-state index is 0.120. The summed E-state index contributed by atoms with van der Waals surface area (Å²) in [4.78, 5) is 38.8. The molecule has 1 unspecified atom stereocenters. The van der Waals surface area contributed by atoms with Crippen molar-refractivity contribution < 1.29 is 14.5 Å². The van der Waals surface area contributed by atoms with Gasteiger partial charge >= 0.3 is 0 Å². The Morgan fingerprint density at radius 3 is 2.92 bits per heavy atom. The number of amides is 2. The van der Waals surface area contributed by atoms with E-state index in [1.54, 1.807) is 13.0 Å². The lowest BCUT2D eigenvalue weighted by atomic mass is 10.1. The van der Waals surface area contributed by atoms with E-state index in [9.17, 15) is 19.7 Å². The molecule has 0 radical (unpaired) electrons. The number of benzene rings is 1. The Morgan fingerprint density at radius 1 is 1.48 bits per heavy atom. The van der Waals surface area contributed by atoms with Crippen LogP contribution in [0.1, 0.15) is 30.8 Å². The molecule has 10 nitrogen and oxygen atoms in total. The Hall–Kier alpha value is -3.30. The minimum Gasteiger partial charge on any atom is -0.326 e. The van der Waals surface area contributed by atoms with Crippen LogP contribution in [0.3, 0.4) is 0 Å². The number of non-ortho nitro benzene ring substituents is 1. The van der Waals surface area contributed by atoms with Gasteiger partial charge in [0.05, 0.1) is 17.0 Å². The Labute approximate surface area is 142 Å². The number of anilines is 2. The molecule has 2 heterocycles. The van der Waals surface area contributed by atoms with Crippen molar-refractivity contribution in [2.75, 3.05) is 10.6 Å². The molecule has 10 heteroatoms. The second-order valence-corrected chi connectivity index (χ2v) is 5.66. The van der Waals surface area contributed by atoms with Gasteiger partial charge in [0.2, 0.25) is 11.9 Å². The number of nitro groups is 1. The van der Waals surface area contributed by atoms with Crippen molar-refractivity contribution in [3.8, 4) is 0 Å². The lowest BCUT2D eigenvalue weighted by molar-refractivity contribution is -0.384. The predicted octanol–water partition coefficient (Wildman–Crippen LogP) is 1.58. The van der Waals surface area contributed by atoms with Crippen molar-refractivity contribution in [2.24, 2.45) is 0 Å². The van der Waals surface area contributed by atoms with E-state index in [1.807, 2.05) is 6.92 Å². The Balaban J connectivity index is 1.75. The third-order valence-corrected chi connectivity index (χ3v) is 3.91. The van der Waals surface area contributed by atoms with Crippen LogP contribution < -0.4 is 10.6 Å². The van der Waals surface area contributed by atoms with E-state index in [-0.39, 0.29) is 18.0 Å². The molecule has 0 saturated heterocycles. The summed E-state index contributed by atoms with van der Waals surface area (Å²) < 4.78 is 1.40. The van der Waals surface area contributed by atoms with Gasteiger partial charge in [0.15, 0.2) is 5.82 Å². The van der Waals surface area contributed by atoms with Crippen molar-refractivity contribution in [1.82, 2.24) is 14.8 Å². The monoisotopic (exact) mass is 344 g/mol. The highest BCUT2D eigenvalue weighted by atomic mass is 16.6. The number of nitro benzene ring substituents is 1. The summed E-state index contributed by atoms with van der Waals surface area (Å²) in [6, 6.07) is 3.42. The SMILES string of the molecule is CCc1nc2n(n1)C(CC(=O)Nc1cc([N+](=O)[O-])ccc1C)C(=O)N2. The molecular formula is C15H16N6O4. The molecule has 2 amide bonds. The quantitative estimate of drug-likeness (QED) is 0.625. The zero-order valence-electron chi connectivity index (χ0n) is 13.6. The summed E-state index contributed by atoms with van der Waals surface area (Å²) in [5.41, 5.74) is 0.904. The lowest BCUT2D eigenvalue weighted by Gasteiger charge is -2.11. The highest BCUT2D eigenvalue weighted by Gasteiger charge is 2.34. The number of nitrogens with zero attached hydrogens (tertiary/aromatic N) is 4. The summed E-state index contributed by atoms with van der Waals surface area (Å²) in [7, 11) is 0. The van der Waals surface area contributed by atoms with E-state index in [1.165, 1.54) is 16.8 Å². The fourth-order valence-electron chi connectivity index (χ4n) is 2.54. The predicted molar refractivity (Wildman–Crippen MR) is 88.1 cm³/mol. The molecule has 0 fully saturated rings. The number of carbonyl (C=O) groups excluding carboxylic acids is 2. The maximum Gasteiger partial charge on any atom is 0.271 e. The average Bonchev–Trinajstić information content (AvgIpc) is 3.08. The number of aryl methyl sites for hydroxylation is 2. The number of rotatable bonds is 5.